The summed E-state index contributed by atoms with van der Waals surface area (Å²) in [6.07, 6.45) is 2.05. The zero-order chi connectivity index (χ0) is 12.8. The minimum atomic E-state index is 0.306. The Morgan fingerprint density at radius 2 is 1.88 bits per heavy atom. The molecule has 1 aromatic heterocycles. The molecule has 0 aliphatic carbocycles. The van der Waals surface area contributed by atoms with Gasteiger partial charge in [0.1, 0.15) is 0 Å². The fourth-order valence-electron chi connectivity index (χ4n) is 1.99. The Balaban J connectivity index is 2.78. The molecular weight excluding hydrogens is 214 g/mol. The summed E-state index contributed by atoms with van der Waals surface area (Å²) >= 11 is 0. The number of hydrogen-bond donors (Lipinski definition) is 1. The third-order valence-corrected chi connectivity index (χ3v) is 3.40. The zero-order valence-electron chi connectivity index (χ0n) is 11.7. The second kappa shape index (κ2) is 6.74. The van der Waals surface area contributed by atoms with Gasteiger partial charge in [-0.05, 0) is 26.3 Å². The molecule has 1 aromatic rings. The average Bonchev–Trinajstić information content (AvgIpc) is 2.79. The van der Waals surface area contributed by atoms with E-state index in [1.54, 1.807) is 0 Å². The molecule has 0 amide bonds. The van der Waals surface area contributed by atoms with Crippen molar-refractivity contribution in [2.45, 2.75) is 65.3 Å². The number of nitrogens with one attached hydrogen (secondary N) is 1. The standard InChI is InChI=1S/C13H25N3O/c1-6-9(4)12-15-13(17-16-12)11(7-2)10(5)14-8-3/h9-11,14H,6-8H2,1-5H3. The van der Waals surface area contributed by atoms with Gasteiger partial charge in [0.15, 0.2) is 5.82 Å². The van der Waals surface area contributed by atoms with Crippen LogP contribution in [-0.4, -0.2) is 22.7 Å². The Bertz CT molecular complexity index is 324. The van der Waals surface area contributed by atoms with Crippen molar-refractivity contribution in [3.8, 4) is 0 Å². The van der Waals surface area contributed by atoms with Crippen molar-refractivity contribution in [1.29, 1.82) is 0 Å². The summed E-state index contributed by atoms with van der Waals surface area (Å²) in [6.45, 7) is 11.7. The second-order valence-corrected chi connectivity index (χ2v) is 4.66. The first-order valence-electron chi connectivity index (χ1n) is 6.70. The van der Waals surface area contributed by atoms with E-state index in [-0.39, 0.29) is 0 Å². The summed E-state index contributed by atoms with van der Waals surface area (Å²) in [5.41, 5.74) is 0. The van der Waals surface area contributed by atoms with Gasteiger partial charge in [-0.2, -0.15) is 4.98 Å². The van der Waals surface area contributed by atoms with Gasteiger partial charge in [-0.3, -0.25) is 0 Å². The molecule has 0 saturated heterocycles. The fraction of sp³-hybridized carbons (Fsp3) is 0.846. The lowest BCUT2D eigenvalue weighted by atomic mass is 9.98. The molecule has 3 atom stereocenters. The van der Waals surface area contributed by atoms with E-state index in [4.69, 9.17) is 4.52 Å². The molecule has 0 aliphatic rings. The first-order chi connectivity index (χ1) is 8.13. The van der Waals surface area contributed by atoms with E-state index in [1.807, 2.05) is 0 Å². The van der Waals surface area contributed by atoms with Gasteiger partial charge in [0.2, 0.25) is 5.89 Å². The van der Waals surface area contributed by atoms with Crippen LogP contribution in [0.25, 0.3) is 0 Å². The maximum atomic E-state index is 5.41. The minimum absolute atomic E-state index is 0.306. The Hall–Kier alpha value is -0.900. The van der Waals surface area contributed by atoms with Crippen LogP contribution >= 0.6 is 0 Å². The van der Waals surface area contributed by atoms with Crippen molar-refractivity contribution in [3.05, 3.63) is 11.7 Å². The molecule has 3 unspecified atom stereocenters. The first-order valence-corrected chi connectivity index (χ1v) is 6.70. The van der Waals surface area contributed by atoms with Gasteiger partial charge in [0.25, 0.3) is 0 Å². The van der Waals surface area contributed by atoms with Crippen molar-refractivity contribution >= 4 is 0 Å². The highest BCUT2D eigenvalue weighted by molar-refractivity contribution is 5.00. The number of likely N-dealkylation sites (N-methyl/N-ethyl adjacent to an activating group) is 1. The van der Waals surface area contributed by atoms with Crippen LogP contribution in [0, 0.1) is 0 Å². The molecule has 0 saturated carbocycles. The van der Waals surface area contributed by atoms with Crippen molar-refractivity contribution in [2.24, 2.45) is 0 Å². The van der Waals surface area contributed by atoms with E-state index in [0.717, 1.165) is 31.1 Å². The highest BCUT2D eigenvalue weighted by Crippen LogP contribution is 2.24. The predicted molar refractivity (Wildman–Crippen MR) is 69.2 cm³/mol. The Labute approximate surface area is 104 Å². The maximum Gasteiger partial charge on any atom is 0.231 e. The topological polar surface area (TPSA) is 51.0 Å². The number of rotatable bonds is 7. The molecule has 17 heavy (non-hydrogen) atoms. The van der Waals surface area contributed by atoms with Gasteiger partial charge >= 0.3 is 0 Å². The summed E-state index contributed by atoms with van der Waals surface area (Å²) in [5, 5.41) is 7.50. The predicted octanol–water partition coefficient (Wildman–Crippen LogP) is 3.07. The molecule has 0 bridgehead atoms. The molecule has 1 heterocycles. The van der Waals surface area contributed by atoms with Gasteiger partial charge in [-0.25, -0.2) is 0 Å². The lowest BCUT2D eigenvalue weighted by Gasteiger charge is -2.19. The lowest BCUT2D eigenvalue weighted by molar-refractivity contribution is 0.314. The van der Waals surface area contributed by atoms with Crippen LogP contribution in [0.1, 0.15) is 71.0 Å². The van der Waals surface area contributed by atoms with E-state index in [2.05, 4.69) is 50.1 Å². The lowest BCUT2D eigenvalue weighted by Crippen LogP contribution is -2.31. The molecule has 4 nitrogen and oxygen atoms in total. The Morgan fingerprint density at radius 1 is 1.18 bits per heavy atom. The minimum Gasteiger partial charge on any atom is -0.339 e. The number of nitrogens with zero attached hydrogens (tertiary/aromatic N) is 2. The Morgan fingerprint density at radius 3 is 2.41 bits per heavy atom. The Kier molecular flexibility index (Phi) is 5.62. The highest BCUT2D eigenvalue weighted by Gasteiger charge is 2.23. The maximum absolute atomic E-state index is 5.41. The third kappa shape index (κ3) is 3.53. The van der Waals surface area contributed by atoms with Crippen LogP contribution < -0.4 is 5.32 Å². The van der Waals surface area contributed by atoms with Crippen LogP contribution in [0.2, 0.25) is 0 Å². The first kappa shape index (κ1) is 14.2. The van der Waals surface area contributed by atoms with Crippen LogP contribution in [-0.2, 0) is 0 Å². The zero-order valence-corrected chi connectivity index (χ0v) is 11.7. The summed E-state index contributed by atoms with van der Waals surface area (Å²) < 4.78 is 5.41. The monoisotopic (exact) mass is 239 g/mol. The van der Waals surface area contributed by atoms with Gasteiger partial charge in [-0.15, -0.1) is 0 Å². The van der Waals surface area contributed by atoms with E-state index < -0.39 is 0 Å². The van der Waals surface area contributed by atoms with Gasteiger partial charge in [-0.1, -0.05) is 32.9 Å². The average molecular weight is 239 g/mol. The normalized spacial score (nSPS) is 16.8. The molecule has 4 heteroatoms. The molecular formula is C13H25N3O. The number of hydrogen-bond acceptors (Lipinski definition) is 4. The summed E-state index contributed by atoms with van der Waals surface area (Å²) in [4.78, 5) is 4.54. The molecule has 0 spiro atoms. The quantitative estimate of drug-likeness (QED) is 0.794. The van der Waals surface area contributed by atoms with Crippen molar-refractivity contribution in [3.63, 3.8) is 0 Å². The third-order valence-electron chi connectivity index (χ3n) is 3.40. The van der Waals surface area contributed by atoms with Crippen molar-refractivity contribution in [1.82, 2.24) is 15.5 Å². The van der Waals surface area contributed by atoms with E-state index >= 15 is 0 Å². The SMILES string of the molecule is CCNC(C)C(CC)c1nc(C(C)CC)no1. The van der Waals surface area contributed by atoms with Gasteiger partial charge < -0.3 is 9.84 Å². The van der Waals surface area contributed by atoms with Crippen LogP contribution in [0.15, 0.2) is 4.52 Å². The van der Waals surface area contributed by atoms with E-state index in [0.29, 0.717) is 17.9 Å². The van der Waals surface area contributed by atoms with E-state index in [9.17, 15) is 0 Å². The molecule has 1 N–H and O–H groups in total. The van der Waals surface area contributed by atoms with Crippen molar-refractivity contribution in [2.75, 3.05) is 6.54 Å². The molecule has 0 aromatic carbocycles. The van der Waals surface area contributed by atoms with Gasteiger partial charge in [0.05, 0.1) is 5.92 Å². The largest absolute Gasteiger partial charge is 0.339 e. The molecule has 1 rings (SSSR count). The molecule has 0 radical (unpaired) electrons. The molecule has 0 aliphatic heterocycles. The second-order valence-electron chi connectivity index (χ2n) is 4.66. The smallest absolute Gasteiger partial charge is 0.231 e. The molecule has 98 valence electrons. The summed E-state index contributed by atoms with van der Waals surface area (Å²) in [7, 11) is 0. The van der Waals surface area contributed by atoms with E-state index in [1.165, 1.54) is 0 Å². The van der Waals surface area contributed by atoms with Crippen LogP contribution in [0.4, 0.5) is 0 Å². The summed E-state index contributed by atoms with van der Waals surface area (Å²) in [5.74, 6) is 2.29. The van der Waals surface area contributed by atoms with Crippen molar-refractivity contribution < 1.29 is 4.52 Å². The molecule has 0 fully saturated rings. The number of aromatic nitrogens is 2. The fourth-order valence-corrected chi connectivity index (χ4v) is 1.99. The van der Waals surface area contributed by atoms with Crippen LogP contribution in [0.5, 0.6) is 0 Å². The highest BCUT2D eigenvalue weighted by atomic mass is 16.5. The van der Waals surface area contributed by atoms with Gasteiger partial charge in [0, 0.05) is 12.0 Å². The van der Waals surface area contributed by atoms with Crippen LogP contribution in [0.3, 0.4) is 0 Å². The summed E-state index contributed by atoms with van der Waals surface area (Å²) in [6, 6.07) is 0.371.